The molecule has 2 aromatic heterocycles. The summed E-state index contributed by atoms with van der Waals surface area (Å²) < 4.78 is 29.2. The predicted molar refractivity (Wildman–Crippen MR) is 123 cm³/mol. The summed E-state index contributed by atoms with van der Waals surface area (Å²) in [6.07, 6.45) is 3.37. The summed E-state index contributed by atoms with van der Waals surface area (Å²) >= 11 is 3.14. The van der Waals surface area contributed by atoms with Crippen LogP contribution < -0.4 is 15.6 Å². The van der Waals surface area contributed by atoms with Crippen LogP contribution in [0, 0.1) is 0 Å². The first-order valence-corrected chi connectivity index (χ1v) is 12.3. The van der Waals surface area contributed by atoms with E-state index in [2.05, 4.69) is 20.0 Å². The summed E-state index contributed by atoms with van der Waals surface area (Å²) in [7, 11) is 0. The van der Waals surface area contributed by atoms with Gasteiger partial charge in [0.05, 0.1) is 17.2 Å². The monoisotopic (exact) mass is 479 g/mol. The Morgan fingerprint density at radius 3 is 3.03 bits per heavy atom. The number of benzene rings is 1. The van der Waals surface area contributed by atoms with Crippen LogP contribution in [-0.4, -0.2) is 28.2 Å². The van der Waals surface area contributed by atoms with Crippen molar-refractivity contribution < 1.29 is 18.3 Å². The molecule has 0 bridgehead atoms. The molecule has 10 heteroatoms. The average molecular weight is 480 g/mol. The Labute approximate surface area is 191 Å². The molecule has 170 valence electrons. The number of aromatic amines is 1. The van der Waals surface area contributed by atoms with Crippen molar-refractivity contribution in [3.8, 4) is 5.75 Å². The van der Waals surface area contributed by atoms with E-state index in [-0.39, 0.29) is 23.3 Å². The van der Waals surface area contributed by atoms with Crippen LogP contribution in [0.1, 0.15) is 47.6 Å². The fourth-order valence-electron chi connectivity index (χ4n) is 3.81. The molecule has 4 rings (SSSR count). The number of aromatic nitrogens is 2. The van der Waals surface area contributed by atoms with Crippen LogP contribution in [0.2, 0.25) is 0 Å². The van der Waals surface area contributed by atoms with E-state index in [4.69, 9.17) is 0 Å². The first kappa shape index (κ1) is 22.7. The normalized spacial score (nSPS) is 14.0. The Hall–Kier alpha value is -2.46. The van der Waals surface area contributed by atoms with Crippen molar-refractivity contribution in [2.24, 2.45) is 0 Å². The molecular formula is C22H23F2N3O3S2. The third kappa shape index (κ3) is 5.29. The molecule has 0 saturated carbocycles. The van der Waals surface area contributed by atoms with Gasteiger partial charge >= 0.3 is 6.61 Å². The van der Waals surface area contributed by atoms with Gasteiger partial charge in [-0.1, -0.05) is 12.1 Å². The zero-order chi connectivity index (χ0) is 22.7. The second-order valence-corrected chi connectivity index (χ2v) is 9.78. The maximum Gasteiger partial charge on any atom is 0.387 e. The van der Waals surface area contributed by atoms with Gasteiger partial charge in [0.1, 0.15) is 16.4 Å². The van der Waals surface area contributed by atoms with Crippen molar-refractivity contribution in [1.29, 1.82) is 0 Å². The van der Waals surface area contributed by atoms with Gasteiger partial charge in [-0.05, 0) is 49.4 Å². The van der Waals surface area contributed by atoms with Gasteiger partial charge < -0.3 is 15.0 Å². The number of carbonyl (C=O) groups is 1. The van der Waals surface area contributed by atoms with Gasteiger partial charge in [-0.2, -0.15) is 20.5 Å². The van der Waals surface area contributed by atoms with Gasteiger partial charge in [0, 0.05) is 17.1 Å². The number of nitrogens with zero attached hydrogens (tertiary/aromatic N) is 1. The van der Waals surface area contributed by atoms with Gasteiger partial charge in [-0.25, -0.2) is 4.98 Å². The molecule has 0 radical (unpaired) electrons. The molecule has 1 aromatic carbocycles. The molecule has 0 spiro atoms. The van der Waals surface area contributed by atoms with Crippen LogP contribution in [-0.2, 0) is 23.4 Å². The van der Waals surface area contributed by atoms with Gasteiger partial charge in [0.25, 0.3) is 5.56 Å². The van der Waals surface area contributed by atoms with E-state index >= 15 is 0 Å². The number of carbonyl (C=O) groups excluding carboxylic acids is 1. The third-order valence-corrected chi connectivity index (χ3v) is 7.45. The van der Waals surface area contributed by atoms with E-state index in [1.165, 1.54) is 28.8 Å². The quantitative estimate of drug-likeness (QED) is 0.439. The molecule has 0 fully saturated rings. The number of nitrogens with one attached hydrogen (secondary N) is 2. The number of amides is 1. The van der Waals surface area contributed by atoms with Crippen LogP contribution in [0.3, 0.4) is 0 Å². The highest BCUT2D eigenvalue weighted by molar-refractivity contribution is 7.98. The topological polar surface area (TPSA) is 84.1 Å². The molecule has 0 saturated heterocycles. The molecule has 1 amide bonds. The minimum absolute atomic E-state index is 0.0589. The Kier molecular flexibility index (Phi) is 7.10. The Morgan fingerprint density at radius 1 is 1.38 bits per heavy atom. The lowest BCUT2D eigenvalue weighted by Crippen LogP contribution is -2.26. The highest BCUT2D eigenvalue weighted by Crippen LogP contribution is 2.34. The first-order chi connectivity index (χ1) is 15.4. The highest BCUT2D eigenvalue weighted by Gasteiger charge is 2.21. The zero-order valence-corrected chi connectivity index (χ0v) is 19.1. The number of hydrogen-bond donors (Lipinski definition) is 2. The Morgan fingerprint density at radius 2 is 2.22 bits per heavy atom. The van der Waals surface area contributed by atoms with E-state index < -0.39 is 6.61 Å². The fraction of sp³-hybridized carbons (Fsp3) is 0.409. The van der Waals surface area contributed by atoms with Crippen molar-refractivity contribution >= 4 is 39.2 Å². The van der Waals surface area contributed by atoms with Crippen LogP contribution in [0.4, 0.5) is 8.78 Å². The molecule has 3 aromatic rings. The van der Waals surface area contributed by atoms with Crippen LogP contribution in [0.15, 0.2) is 29.1 Å². The van der Waals surface area contributed by atoms with Crippen LogP contribution in [0.5, 0.6) is 5.75 Å². The van der Waals surface area contributed by atoms with E-state index in [9.17, 15) is 18.4 Å². The molecule has 1 unspecified atom stereocenters. The third-order valence-electron chi connectivity index (χ3n) is 5.30. The molecule has 2 heterocycles. The number of ether oxygens (including phenoxy) is 1. The van der Waals surface area contributed by atoms with Gasteiger partial charge in [0.15, 0.2) is 0 Å². The number of aryl methyl sites for hydroxylation is 2. The molecular weight excluding hydrogens is 456 g/mol. The summed E-state index contributed by atoms with van der Waals surface area (Å²) in [5.74, 6) is 1.62. The summed E-state index contributed by atoms with van der Waals surface area (Å²) in [5, 5.41) is 3.61. The largest absolute Gasteiger partial charge is 0.435 e. The van der Waals surface area contributed by atoms with Crippen molar-refractivity contribution in [3.05, 3.63) is 56.4 Å². The highest BCUT2D eigenvalue weighted by atomic mass is 32.2. The van der Waals surface area contributed by atoms with Crippen molar-refractivity contribution in [1.82, 2.24) is 15.3 Å². The van der Waals surface area contributed by atoms with Crippen LogP contribution in [0.25, 0.3) is 10.2 Å². The first-order valence-electron chi connectivity index (χ1n) is 10.4. The minimum atomic E-state index is -2.89. The number of halogens is 2. The van der Waals surface area contributed by atoms with E-state index in [0.29, 0.717) is 29.3 Å². The standard InChI is InChI=1S/C22H23F2N3O3S2/c1-12(13-4-2-5-14(10-13)30-22(23)24)25-18(28)8-9-31-11-17-26-20(29)19-15-6-3-7-16(15)32-21(19)27-17/h2,4-5,10,12,22H,3,6-9,11H2,1H3,(H,25,28)(H,26,27,29). The van der Waals surface area contributed by atoms with Gasteiger partial charge in [-0.15, -0.1) is 11.3 Å². The average Bonchev–Trinajstić information content (AvgIpc) is 3.32. The molecule has 1 aliphatic carbocycles. The molecule has 1 atom stereocenters. The minimum Gasteiger partial charge on any atom is -0.435 e. The van der Waals surface area contributed by atoms with Gasteiger partial charge in [0.2, 0.25) is 5.91 Å². The fourth-order valence-corrected chi connectivity index (χ4v) is 5.89. The second-order valence-electron chi connectivity index (χ2n) is 7.59. The maximum absolute atomic E-state index is 12.5. The van der Waals surface area contributed by atoms with E-state index in [1.807, 2.05) is 0 Å². The predicted octanol–water partition coefficient (Wildman–Crippen LogP) is 4.58. The smallest absolute Gasteiger partial charge is 0.387 e. The second kappa shape index (κ2) is 9.99. The van der Waals surface area contributed by atoms with E-state index in [0.717, 1.165) is 35.0 Å². The molecule has 6 nitrogen and oxygen atoms in total. The van der Waals surface area contributed by atoms with E-state index in [1.54, 1.807) is 30.4 Å². The number of hydrogen-bond acceptors (Lipinski definition) is 6. The number of fused-ring (bicyclic) bond motifs is 3. The number of rotatable bonds is 9. The Balaban J connectivity index is 1.26. The summed E-state index contributed by atoms with van der Waals surface area (Å²) in [6.45, 7) is -1.10. The van der Waals surface area contributed by atoms with Crippen molar-refractivity contribution in [2.75, 3.05) is 5.75 Å². The van der Waals surface area contributed by atoms with Crippen molar-refractivity contribution in [2.45, 2.75) is 51.0 Å². The summed E-state index contributed by atoms with van der Waals surface area (Å²) in [6, 6.07) is 5.95. The maximum atomic E-state index is 12.5. The van der Waals surface area contributed by atoms with Crippen LogP contribution >= 0.6 is 23.1 Å². The number of thiophene rings is 1. The molecule has 1 aliphatic rings. The lowest BCUT2D eigenvalue weighted by Gasteiger charge is -2.15. The summed E-state index contributed by atoms with van der Waals surface area (Å²) in [4.78, 5) is 34.3. The molecule has 2 N–H and O–H groups in total. The van der Waals surface area contributed by atoms with Gasteiger partial charge in [-0.3, -0.25) is 9.59 Å². The van der Waals surface area contributed by atoms with Crippen molar-refractivity contribution in [3.63, 3.8) is 0 Å². The molecule has 32 heavy (non-hydrogen) atoms. The number of H-pyrrole nitrogens is 1. The SMILES string of the molecule is CC(NC(=O)CCSCc1nc2sc3c(c2c(=O)[nH]1)CCC3)c1cccc(OC(F)F)c1. The lowest BCUT2D eigenvalue weighted by molar-refractivity contribution is -0.121. The molecule has 0 aliphatic heterocycles. The number of alkyl halides is 2. The Bertz CT molecular complexity index is 1180. The lowest BCUT2D eigenvalue weighted by atomic mass is 10.1. The zero-order valence-electron chi connectivity index (χ0n) is 17.5. The number of thioether (sulfide) groups is 1. The summed E-state index contributed by atoms with van der Waals surface area (Å²) in [5.41, 5.74) is 1.77.